The second kappa shape index (κ2) is 6.20. The van der Waals surface area contributed by atoms with Gasteiger partial charge in [-0.3, -0.25) is 0 Å². The molecule has 2 heterocycles. The van der Waals surface area contributed by atoms with Crippen LogP contribution >= 0.6 is 11.6 Å². The summed E-state index contributed by atoms with van der Waals surface area (Å²) in [4.78, 5) is 10.5. The average molecular weight is 271 g/mol. The van der Waals surface area contributed by atoms with E-state index in [-0.39, 0.29) is 0 Å². The monoisotopic (exact) mass is 270 g/mol. The lowest BCUT2D eigenvalue weighted by Gasteiger charge is -2.33. The molecule has 0 amide bonds. The van der Waals surface area contributed by atoms with Crippen molar-refractivity contribution in [1.29, 1.82) is 0 Å². The standard InChI is InChI=1S/C12H19ClN4O/c1-14-7-9-3-5-17(6-4-9)11-10(13)8-15-12(16-11)18-2/h8-9,14H,3-7H2,1-2H3. The molecule has 0 aliphatic carbocycles. The minimum absolute atomic E-state index is 0.367. The molecular weight excluding hydrogens is 252 g/mol. The topological polar surface area (TPSA) is 50.3 Å². The van der Waals surface area contributed by atoms with Crippen LogP contribution in [0.5, 0.6) is 6.01 Å². The SMILES string of the molecule is CNCC1CCN(c2nc(OC)ncc2Cl)CC1. The zero-order chi connectivity index (χ0) is 13.0. The van der Waals surface area contributed by atoms with Gasteiger partial charge in [-0.2, -0.15) is 4.98 Å². The minimum Gasteiger partial charge on any atom is -0.467 e. The molecule has 0 bridgehead atoms. The number of rotatable bonds is 4. The molecule has 18 heavy (non-hydrogen) atoms. The first-order valence-electron chi connectivity index (χ1n) is 6.20. The van der Waals surface area contributed by atoms with Gasteiger partial charge >= 0.3 is 6.01 Å². The van der Waals surface area contributed by atoms with Gasteiger partial charge in [0.05, 0.1) is 13.3 Å². The predicted octanol–water partition coefficient (Wildman–Crippen LogP) is 1.57. The van der Waals surface area contributed by atoms with Crippen LogP contribution in [0, 0.1) is 5.92 Å². The summed E-state index contributed by atoms with van der Waals surface area (Å²) in [6, 6.07) is 0.367. The fraction of sp³-hybridized carbons (Fsp3) is 0.667. The fourth-order valence-electron chi connectivity index (χ4n) is 2.30. The molecule has 1 saturated heterocycles. The number of nitrogens with zero attached hydrogens (tertiary/aromatic N) is 3. The summed E-state index contributed by atoms with van der Waals surface area (Å²) in [6.07, 6.45) is 3.91. The molecule has 100 valence electrons. The summed E-state index contributed by atoms with van der Waals surface area (Å²) < 4.78 is 5.04. The van der Waals surface area contributed by atoms with E-state index < -0.39 is 0 Å². The Kier molecular flexibility index (Phi) is 4.60. The van der Waals surface area contributed by atoms with Crippen LogP contribution in [0.3, 0.4) is 0 Å². The number of hydrogen-bond donors (Lipinski definition) is 1. The van der Waals surface area contributed by atoms with Gasteiger partial charge in [0.15, 0.2) is 5.82 Å². The summed E-state index contributed by atoms with van der Waals surface area (Å²) in [6.45, 7) is 3.03. The molecule has 1 aromatic heterocycles. The number of nitrogens with one attached hydrogen (secondary N) is 1. The van der Waals surface area contributed by atoms with Crippen molar-refractivity contribution in [3.8, 4) is 6.01 Å². The van der Waals surface area contributed by atoms with Gasteiger partial charge in [-0.15, -0.1) is 0 Å². The van der Waals surface area contributed by atoms with Crippen molar-refractivity contribution in [1.82, 2.24) is 15.3 Å². The second-order valence-corrected chi connectivity index (χ2v) is 4.92. The normalized spacial score (nSPS) is 16.9. The van der Waals surface area contributed by atoms with Crippen molar-refractivity contribution >= 4 is 17.4 Å². The van der Waals surface area contributed by atoms with Gasteiger partial charge in [0.2, 0.25) is 0 Å². The van der Waals surface area contributed by atoms with E-state index in [1.807, 2.05) is 7.05 Å². The molecule has 0 aromatic carbocycles. The first kappa shape index (κ1) is 13.4. The first-order valence-corrected chi connectivity index (χ1v) is 6.58. The summed E-state index contributed by atoms with van der Waals surface area (Å²) in [7, 11) is 3.56. The lowest BCUT2D eigenvalue weighted by Crippen LogP contribution is -2.37. The molecular formula is C12H19ClN4O. The van der Waals surface area contributed by atoms with Crippen molar-refractivity contribution in [2.45, 2.75) is 12.8 Å². The highest BCUT2D eigenvalue weighted by Gasteiger charge is 2.21. The van der Waals surface area contributed by atoms with Crippen LogP contribution in [-0.4, -0.2) is 43.8 Å². The van der Waals surface area contributed by atoms with Crippen LogP contribution in [0.4, 0.5) is 5.82 Å². The van der Waals surface area contributed by atoms with E-state index in [9.17, 15) is 0 Å². The molecule has 0 unspecified atom stereocenters. The molecule has 1 aromatic rings. The zero-order valence-electron chi connectivity index (χ0n) is 10.8. The Morgan fingerprint density at radius 1 is 1.50 bits per heavy atom. The number of anilines is 1. The summed E-state index contributed by atoms with van der Waals surface area (Å²) >= 11 is 6.15. The Hall–Kier alpha value is -1.07. The Morgan fingerprint density at radius 3 is 2.83 bits per heavy atom. The van der Waals surface area contributed by atoms with E-state index in [0.29, 0.717) is 11.0 Å². The molecule has 0 radical (unpaired) electrons. The third kappa shape index (κ3) is 3.03. The van der Waals surface area contributed by atoms with Crippen LogP contribution in [0.15, 0.2) is 6.20 Å². The number of halogens is 1. The van der Waals surface area contributed by atoms with Crippen molar-refractivity contribution in [2.24, 2.45) is 5.92 Å². The summed E-state index contributed by atoms with van der Waals surface area (Å²) in [5.74, 6) is 1.53. The lowest BCUT2D eigenvalue weighted by molar-refractivity contribution is 0.374. The van der Waals surface area contributed by atoms with E-state index in [2.05, 4.69) is 20.2 Å². The van der Waals surface area contributed by atoms with E-state index >= 15 is 0 Å². The third-order valence-corrected chi connectivity index (χ3v) is 3.56. The van der Waals surface area contributed by atoms with Gasteiger partial charge in [0.25, 0.3) is 0 Å². The van der Waals surface area contributed by atoms with E-state index in [0.717, 1.165) is 44.2 Å². The molecule has 2 rings (SSSR count). The molecule has 0 atom stereocenters. The lowest BCUT2D eigenvalue weighted by atomic mass is 9.97. The third-order valence-electron chi connectivity index (χ3n) is 3.29. The Balaban J connectivity index is 2.04. The van der Waals surface area contributed by atoms with Crippen LogP contribution in [-0.2, 0) is 0 Å². The molecule has 5 nitrogen and oxygen atoms in total. The Labute approximate surface area is 113 Å². The minimum atomic E-state index is 0.367. The number of hydrogen-bond acceptors (Lipinski definition) is 5. The highest BCUT2D eigenvalue weighted by molar-refractivity contribution is 6.32. The van der Waals surface area contributed by atoms with Gasteiger partial charge in [0.1, 0.15) is 5.02 Å². The largest absolute Gasteiger partial charge is 0.467 e. The molecule has 1 aliphatic rings. The molecule has 0 saturated carbocycles. The van der Waals surface area contributed by atoms with Gasteiger partial charge < -0.3 is 15.0 Å². The van der Waals surface area contributed by atoms with Crippen molar-refractivity contribution in [3.63, 3.8) is 0 Å². The Bertz CT molecular complexity index is 394. The van der Waals surface area contributed by atoms with E-state index in [1.165, 1.54) is 0 Å². The number of aromatic nitrogens is 2. The van der Waals surface area contributed by atoms with Gasteiger partial charge in [0, 0.05) is 13.1 Å². The van der Waals surface area contributed by atoms with Crippen LogP contribution < -0.4 is 15.0 Å². The molecule has 1 N–H and O–H groups in total. The maximum absolute atomic E-state index is 6.15. The highest BCUT2D eigenvalue weighted by atomic mass is 35.5. The smallest absolute Gasteiger partial charge is 0.318 e. The van der Waals surface area contributed by atoms with Crippen LogP contribution in [0.25, 0.3) is 0 Å². The van der Waals surface area contributed by atoms with E-state index in [1.54, 1.807) is 13.3 Å². The average Bonchev–Trinajstić information content (AvgIpc) is 2.41. The van der Waals surface area contributed by atoms with Gasteiger partial charge in [-0.05, 0) is 32.4 Å². The predicted molar refractivity (Wildman–Crippen MR) is 72.5 cm³/mol. The molecule has 1 aliphatic heterocycles. The quantitative estimate of drug-likeness (QED) is 0.900. The zero-order valence-corrected chi connectivity index (χ0v) is 11.6. The molecule has 0 spiro atoms. The Morgan fingerprint density at radius 2 is 2.22 bits per heavy atom. The second-order valence-electron chi connectivity index (χ2n) is 4.52. The van der Waals surface area contributed by atoms with Crippen LogP contribution in [0.2, 0.25) is 5.02 Å². The maximum atomic E-state index is 6.15. The van der Waals surface area contributed by atoms with E-state index in [4.69, 9.17) is 16.3 Å². The maximum Gasteiger partial charge on any atom is 0.318 e. The van der Waals surface area contributed by atoms with Crippen LogP contribution in [0.1, 0.15) is 12.8 Å². The van der Waals surface area contributed by atoms with Crippen molar-refractivity contribution < 1.29 is 4.74 Å². The van der Waals surface area contributed by atoms with Gasteiger partial charge in [-0.1, -0.05) is 11.6 Å². The first-order chi connectivity index (χ1) is 8.74. The molecule has 1 fully saturated rings. The van der Waals surface area contributed by atoms with Crippen molar-refractivity contribution in [3.05, 3.63) is 11.2 Å². The van der Waals surface area contributed by atoms with Gasteiger partial charge in [-0.25, -0.2) is 4.98 Å². The number of methoxy groups -OCH3 is 1. The summed E-state index contributed by atoms with van der Waals surface area (Å²) in [5, 5.41) is 3.82. The highest BCUT2D eigenvalue weighted by Crippen LogP contribution is 2.28. The molecule has 6 heteroatoms. The number of piperidine rings is 1. The fourth-order valence-corrected chi connectivity index (χ4v) is 2.51. The summed E-state index contributed by atoms with van der Waals surface area (Å²) in [5.41, 5.74) is 0. The number of ether oxygens (including phenoxy) is 1. The van der Waals surface area contributed by atoms with Crippen molar-refractivity contribution in [2.75, 3.05) is 38.7 Å².